The number of hydrogen-bond donors (Lipinski definition) is 1. The average Bonchev–Trinajstić information content (AvgIpc) is 2.90. The van der Waals surface area contributed by atoms with Gasteiger partial charge in [0.15, 0.2) is 5.78 Å². The lowest BCUT2D eigenvalue weighted by Gasteiger charge is -2.34. The summed E-state index contributed by atoms with van der Waals surface area (Å²) in [7, 11) is 0. The van der Waals surface area contributed by atoms with E-state index in [2.05, 4.69) is 0 Å². The maximum absolute atomic E-state index is 12.6. The van der Waals surface area contributed by atoms with Crippen molar-refractivity contribution in [2.75, 3.05) is 6.61 Å². The molecular formula is C20H24O7. The molecule has 1 fully saturated rings. The molecule has 7 nitrogen and oxygen atoms in total. The van der Waals surface area contributed by atoms with Crippen LogP contribution in [0, 0.1) is 5.41 Å². The highest BCUT2D eigenvalue weighted by Gasteiger charge is 2.55. The van der Waals surface area contributed by atoms with Gasteiger partial charge in [-0.2, -0.15) is 0 Å². The van der Waals surface area contributed by atoms with Crippen LogP contribution in [0.2, 0.25) is 0 Å². The van der Waals surface area contributed by atoms with Crippen molar-refractivity contribution in [3.63, 3.8) is 0 Å². The predicted octanol–water partition coefficient (Wildman–Crippen LogP) is 1.59. The van der Waals surface area contributed by atoms with Crippen LogP contribution in [-0.4, -0.2) is 47.9 Å². The first-order valence-electron chi connectivity index (χ1n) is 8.82. The Morgan fingerprint density at radius 3 is 2.78 bits per heavy atom. The summed E-state index contributed by atoms with van der Waals surface area (Å²) in [6.07, 6.45) is 6.85. The predicted molar refractivity (Wildman–Crippen MR) is 95.5 cm³/mol. The third-order valence-electron chi connectivity index (χ3n) is 4.81. The van der Waals surface area contributed by atoms with Gasteiger partial charge in [-0.05, 0) is 38.0 Å². The van der Waals surface area contributed by atoms with Crippen LogP contribution in [0.4, 0.5) is 0 Å². The molecule has 0 aromatic rings. The lowest BCUT2D eigenvalue weighted by molar-refractivity contribution is -0.148. The van der Waals surface area contributed by atoms with Crippen molar-refractivity contribution in [2.45, 2.75) is 51.7 Å². The maximum atomic E-state index is 12.6. The van der Waals surface area contributed by atoms with Gasteiger partial charge in [0.1, 0.15) is 18.5 Å². The number of aliphatic hydroxyl groups is 1. The van der Waals surface area contributed by atoms with Crippen molar-refractivity contribution in [1.82, 2.24) is 0 Å². The average molecular weight is 376 g/mol. The van der Waals surface area contributed by atoms with Crippen molar-refractivity contribution in [3.05, 3.63) is 35.5 Å². The maximum Gasteiger partial charge on any atom is 0.307 e. The fraction of sp³-hybridized carbons (Fsp3) is 0.500. The summed E-state index contributed by atoms with van der Waals surface area (Å²) >= 11 is 0. The van der Waals surface area contributed by atoms with Crippen molar-refractivity contribution in [2.24, 2.45) is 5.41 Å². The molecule has 2 rings (SSSR count). The molecule has 1 heterocycles. The lowest BCUT2D eigenvalue weighted by Crippen LogP contribution is -2.43. The Labute approximate surface area is 157 Å². The van der Waals surface area contributed by atoms with Gasteiger partial charge in [-0.25, -0.2) is 0 Å². The van der Waals surface area contributed by atoms with Crippen LogP contribution in [0.15, 0.2) is 35.5 Å². The first-order valence-corrected chi connectivity index (χ1v) is 8.82. The molecule has 2 aliphatic rings. The molecule has 1 saturated heterocycles. The largest absolute Gasteiger partial charge is 0.458 e. The number of rotatable bonds is 7. The van der Waals surface area contributed by atoms with Crippen LogP contribution in [0.25, 0.3) is 0 Å². The number of ketones is 1. The first-order chi connectivity index (χ1) is 12.8. The minimum Gasteiger partial charge on any atom is -0.458 e. The molecule has 1 unspecified atom stereocenters. The van der Waals surface area contributed by atoms with Gasteiger partial charge in [0, 0.05) is 18.9 Å². The van der Waals surface area contributed by atoms with Crippen LogP contribution < -0.4 is 0 Å². The number of aldehydes is 1. The molecule has 0 saturated carbocycles. The molecule has 3 atom stereocenters. The van der Waals surface area contributed by atoms with E-state index in [9.17, 15) is 19.2 Å². The SMILES string of the molecule is CC(=O)O[C@@H]1C=CC(=O)C2(CC(=O)O[C@@H]2/C=C(\C)CC/C=C(/C=O)CO)C1. The topological polar surface area (TPSA) is 107 Å². The molecule has 27 heavy (non-hydrogen) atoms. The van der Waals surface area contributed by atoms with E-state index in [0.717, 1.165) is 5.57 Å². The van der Waals surface area contributed by atoms with E-state index in [1.54, 1.807) is 12.2 Å². The monoisotopic (exact) mass is 376 g/mol. The molecule has 0 radical (unpaired) electrons. The summed E-state index contributed by atoms with van der Waals surface area (Å²) in [5, 5.41) is 8.98. The zero-order valence-corrected chi connectivity index (χ0v) is 15.5. The minimum absolute atomic E-state index is 0.0535. The summed E-state index contributed by atoms with van der Waals surface area (Å²) in [6, 6.07) is 0. The molecule has 0 aromatic carbocycles. The molecule has 1 aliphatic carbocycles. The molecule has 1 spiro atoms. The third kappa shape index (κ3) is 5.01. The smallest absolute Gasteiger partial charge is 0.307 e. The number of carbonyl (C=O) groups excluding carboxylic acids is 4. The quantitative estimate of drug-likeness (QED) is 0.311. The highest BCUT2D eigenvalue weighted by Crippen LogP contribution is 2.45. The molecular weight excluding hydrogens is 352 g/mol. The summed E-state index contributed by atoms with van der Waals surface area (Å²) in [6.45, 7) is 2.83. The second-order valence-electron chi connectivity index (χ2n) is 6.93. The van der Waals surface area contributed by atoms with E-state index in [0.29, 0.717) is 24.7 Å². The van der Waals surface area contributed by atoms with Crippen LogP contribution in [0.1, 0.15) is 39.5 Å². The van der Waals surface area contributed by atoms with Gasteiger partial charge in [0.05, 0.1) is 18.4 Å². The molecule has 0 bridgehead atoms. The summed E-state index contributed by atoms with van der Waals surface area (Å²) in [5.41, 5.74) is 0.130. The van der Waals surface area contributed by atoms with Gasteiger partial charge in [0.25, 0.3) is 0 Å². The highest BCUT2D eigenvalue weighted by atomic mass is 16.6. The van der Waals surface area contributed by atoms with Crippen molar-refractivity contribution in [1.29, 1.82) is 0 Å². The van der Waals surface area contributed by atoms with Crippen LogP contribution in [0.5, 0.6) is 0 Å². The summed E-state index contributed by atoms with van der Waals surface area (Å²) < 4.78 is 10.6. The Kier molecular flexibility index (Phi) is 6.85. The number of esters is 2. The van der Waals surface area contributed by atoms with E-state index in [1.807, 2.05) is 6.92 Å². The number of allylic oxidation sites excluding steroid dienone is 3. The number of ether oxygens (including phenoxy) is 2. The van der Waals surface area contributed by atoms with Crippen molar-refractivity contribution in [3.8, 4) is 0 Å². The third-order valence-corrected chi connectivity index (χ3v) is 4.81. The van der Waals surface area contributed by atoms with Crippen LogP contribution >= 0.6 is 0 Å². The molecule has 1 N–H and O–H groups in total. The Morgan fingerprint density at radius 2 is 2.15 bits per heavy atom. The number of aliphatic hydroxyl groups excluding tert-OH is 1. The van der Waals surface area contributed by atoms with Crippen LogP contribution in [0.3, 0.4) is 0 Å². The van der Waals surface area contributed by atoms with E-state index in [1.165, 1.54) is 19.1 Å². The zero-order chi connectivity index (χ0) is 20.0. The highest BCUT2D eigenvalue weighted by molar-refractivity contribution is 6.00. The standard InChI is InChI=1S/C20H24O7/c1-13(4-3-5-15(11-21)12-22)8-18-20(10-19(25)27-18)9-16(26-14(2)23)6-7-17(20)24/h5-8,11,16,18,22H,3-4,9-10,12H2,1-2H3/b13-8+,15-5-/t16-,18-,20?/m1/s1. The summed E-state index contributed by atoms with van der Waals surface area (Å²) in [4.78, 5) is 46.5. The van der Waals surface area contributed by atoms with E-state index in [4.69, 9.17) is 14.6 Å². The number of cyclic esters (lactones) is 1. The van der Waals surface area contributed by atoms with Gasteiger partial charge in [-0.3, -0.25) is 19.2 Å². The van der Waals surface area contributed by atoms with Gasteiger partial charge in [0.2, 0.25) is 0 Å². The van der Waals surface area contributed by atoms with Gasteiger partial charge in [-0.1, -0.05) is 11.6 Å². The van der Waals surface area contributed by atoms with Crippen molar-refractivity contribution >= 4 is 24.0 Å². The Bertz CT molecular complexity index is 716. The van der Waals surface area contributed by atoms with E-state index >= 15 is 0 Å². The first kappa shape index (κ1) is 20.8. The van der Waals surface area contributed by atoms with E-state index in [-0.39, 0.29) is 25.2 Å². The Morgan fingerprint density at radius 1 is 1.41 bits per heavy atom. The van der Waals surface area contributed by atoms with Crippen LogP contribution in [-0.2, 0) is 28.7 Å². The summed E-state index contributed by atoms with van der Waals surface area (Å²) in [5.74, 6) is -1.13. The fourth-order valence-corrected chi connectivity index (χ4v) is 3.42. The number of hydrogen-bond acceptors (Lipinski definition) is 7. The zero-order valence-electron chi connectivity index (χ0n) is 15.5. The fourth-order valence-electron chi connectivity index (χ4n) is 3.42. The Balaban J connectivity index is 2.17. The second kappa shape index (κ2) is 8.90. The Hall–Kier alpha value is -2.54. The molecule has 0 aromatic heterocycles. The van der Waals surface area contributed by atoms with Gasteiger partial charge < -0.3 is 14.6 Å². The van der Waals surface area contributed by atoms with E-state index < -0.39 is 29.6 Å². The minimum atomic E-state index is -1.07. The number of carbonyl (C=O) groups is 4. The molecule has 1 aliphatic heterocycles. The van der Waals surface area contributed by atoms with Gasteiger partial charge in [-0.15, -0.1) is 0 Å². The van der Waals surface area contributed by atoms with Crippen molar-refractivity contribution < 1.29 is 33.8 Å². The second-order valence-corrected chi connectivity index (χ2v) is 6.93. The normalized spacial score (nSPS) is 28.4. The molecule has 0 amide bonds. The molecule has 146 valence electrons. The van der Waals surface area contributed by atoms with Gasteiger partial charge >= 0.3 is 11.9 Å². The lowest BCUT2D eigenvalue weighted by atomic mass is 9.69. The molecule has 7 heteroatoms.